The van der Waals surface area contributed by atoms with Crippen LogP contribution < -0.4 is 0 Å². The average Bonchev–Trinajstić information content (AvgIpc) is 2.47. The highest BCUT2D eigenvalue weighted by atomic mass is 16.4. The maximum Gasteiger partial charge on any atom is 0.307 e. The zero-order chi connectivity index (χ0) is 13.4. The molecule has 0 aromatic rings. The van der Waals surface area contributed by atoms with Gasteiger partial charge in [0.1, 0.15) is 0 Å². The van der Waals surface area contributed by atoms with E-state index in [4.69, 9.17) is 0 Å². The van der Waals surface area contributed by atoms with Crippen LogP contribution in [0, 0.1) is 23.7 Å². The number of carboxylic acids is 1. The Morgan fingerprint density at radius 2 is 1.53 bits per heavy atom. The third-order valence-electron chi connectivity index (χ3n) is 4.99. The maximum absolute atomic E-state index is 12.7. The van der Waals surface area contributed by atoms with E-state index in [1.165, 1.54) is 6.42 Å². The summed E-state index contributed by atoms with van der Waals surface area (Å²) in [5.41, 5.74) is 0. The summed E-state index contributed by atoms with van der Waals surface area (Å²) in [6, 6.07) is 0. The SMILES string of the molecule is O=C(O)C1C2C=CC(CC2)C1C(=O)N1CCCCC1. The van der Waals surface area contributed by atoms with Crippen molar-refractivity contribution in [2.45, 2.75) is 32.1 Å². The lowest BCUT2D eigenvalue weighted by Gasteiger charge is -2.44. The van der Waals surface area contributed by atoms with Crippen LogP contribution in [0.3, 0.4) is 0 Å². The summed E-state index contributed by atoms with van der Waals surface area (Å²) in [6.07, 6.45) is 9.28. The number of hydrogen-bond acceptors (Lipinski definition) is 2. The van der Waals surface area contributed by atoms with Crippen molar-refractivity contribution in [3.8, 4) is 0 Å². The van der Waals surface area contributed by atoms with Crippen LogP contribution >= 0.6 is 0 Å². The molecule has 4 atom stereocenters. The quantitative estimate of drug-likeness (QED) is 0.774. The molecule has 1 saturated heterocycles. The molecule has 1 aliphatic heterocycles. The Balaban J connectivity index is 1.82. The van der Waals surface area contributed by atoms with Gasteiger partial charge in [-0.2, -0.15) is 0 Å². The van der Waals surface area contributed by atoms with Gasteiger partial charge in [-0.1, -0.05) is 12.2 Å². The van der Waals surface area contributed by atoms with Crippen molar-refractivity contribution in [2.24, 2.45) is 23.7 Å². The van der Waals surface area contributed by atoms with Gasteiger partial charge in [-0.3, -0.25) is 9.59 Å². The van der Waals surface area contributed by atoms with Gasteiger partial charge in [0.25, 0.3) is 0 Å². The number of aliphatic carboxylic acids is 1. The highest BCUT2D eigenvalue weighted by molar-refractivity contribution is 5.86. The topological polar surface area (TPSA) is 57.6 Å². The average molecular weight is 263 g/mol. The van der Waals surface area contributed by atoms with Crippen LogP contribution in [0.1, 0.15) is 32.1 Å². The van der Waals surface area contributed by atoms with E-state index in [-0.39, 0.29) is 23.7 Å². The first-order valence-electron chi connectivity index (χ1n) is 7.38. The number of amides is 1. The summed E-state index contributed by atoms with van der Waals surface area (Å²) >= 11 is 0. The lowest BCUT2D eigenvalue weighted by molar-refractivity contribution is -0.157. The first-order valence-corrected chi connectivity index (χ1v) is 7.38. The number of hydrogen-bond donors (Lipinski definition) is 1. The van der Waals surface area contributed by atoms with Gasteiger partial charge in [0, 0.05) is 13.1 Å². The normalized spacial score (nSPS) is 37.4. The molecule has 4 rings (SSSR count). The minimum Gasteiger partial charge on any atom is -0.481 e. The van der Waals surface area contributed by atoms with Crippen LogP contribution in [0.2, 0.25) is 0 Å². The predicted molar refractivity (Wildman–Crippen MR) is 70.4 cm³/mol. The van der Waals surface area contributed by atoms with E-state index in [0.717, 1.165) is 38.8 Å². The fourth-order valence-electron chi connectivity index (χ4n) is 3.99. The van der Waals surface area contributed by atoms with Gasteiger partial charge in [0.2, 0.25) is 5.91 Å². The minimum absolute atomic E-state index is 0.0567. The van der Waals surface area contributed by atoms with Crippen molar-refractivity contribution in [1.29, 1.82) is 0 Å². The summed E-state index contributed by atoms with van der Waals surface area (Å²) in [4.78, 5) is 26.1. The van der Waals surface area contributed by atoms with Crippen molar-refractivity contribution >= 4 is 11.9 Å². The number of allylic oxidation sites excluding steroid dienone is 2. The van der Waals surface area contributed by atoms with Gasteiger partial charge >= 0.3 is 5.97 Å². The Morgan fingerprint density at radius 1 is 0.947 bits per heavy atom. The largest absolute Gasteiger partial charge is 0.481 e. The third-order valence-corrected chi connectivity index (χ3v) is 4.99. The maximum atomic E-state index is 12.7. The second kappa shape index (κ2) is 4.99. The summed E-state index contributed by atoms with van der Waals surface area (Å²) in [6.45, 7) is 1.62. The van der Waals surface area contributed by atoms with Crippen molar-refractivity contribution < 1.29 is 14.7 Å². The van der Waals surface area contributed by atoms with E-state index in [9.17, 15) is 14.7 Å². The van der Waals surface area contributed by atoms with Crippen molar-refractivity contribution in [2.75, 3.05) is 13.1 Å². The van der Waals surface area contributed by atoms with E-state index < -0.39 is 11.9 Å². The fraction of sp³-hybridized carbons (Fsp3) is 0.733. The van der Waals surface area contributed by atoms with Crippen molar-refractivity contribution in [1.82, 2.24) is 4.90 Å². The number of carbonyl (C=O) groups excluding carboxylic acids is 1. The molecule has 19 heavy (non-hydrogen) atoms. The predicted octanol–water partition coefficient (Wildman–Crippen LogP) is 1.91. The van der Waals surface area contributed by atoms with Gasteiger partial charge in [0.05, 0.1) is 11.8 Å². The van der Waals surface area contributed by atoms with Crippen LogP contribution in [-0.4, -0.2) is 35.0 Å². The number of carboxylic acid groups (broad SMARTS) is 1. The molecule has 3 aliphatic carbocycles. The molecule has 1 heterocycles. The Labute approximate surface area is 113 Å². The van der Waals surface area contributed by atoms with Crippen LogP contribution in [0.25, 0.3) is 0 Å². The molecule has 2 fully saturated rings. The molecule has 1 amide bonds. The summed E-state index contributed by atoms with van der Waals surface area (Å²) < 4.78 is 0. The number of fused-ring (bicyclic) bond motifs is 2. The first kappa shape index (κ1) is 12.7. The van der Waals surface area contributed by atoms with E-state index in [1.807, 2.05) is 11.0 Å². The number of rotatable bonds is 2. The number of nitrogens with zero attached hydrogens (tertiary/aromatic N) is 1. The Morgan fingerprint density at radius 3 is 2.05 bits per heavy atom. The zero-order valence-corrected chi connectivity index (χ0v) is 11.1. The van der Waals surface area contributed by atoms with E-state index in [2.05, 4.69) is 6.08 Å². The third kappa shape index (κ3) is 2.17. The molecular weight excluding hydrogens is 242 g/mol. The Bertz CT molecular complexity index is 412. The molecule has 1 saturated carbocycles. The van der Waals surface area contributed by atoms with Crippen LogP contribution in [0.5, 0.6) is 0 Å². The van der Waals surface area contributed by atoms with Gasteiger partial charge < -0.3 is 10.0 Å². The summed E-state index contributed by atoms with van der Waals surface area (Å²) in [5, 5.41) is 9.47. The molecule has 1 N–H and O–H groups in total. The monoisotopic (exact) mass is 263 g/mol. The van der Waals surface area contributed by atoms with Crippen LogP contribution in [0.4, 0.5) is 0 Å². The lowest BCUT2D eigenvalue weighted by Crippen LogP contribution is -2.51. The fourth-order valence-corrected chi connectivity index (χ4v) is 3.99. The van der Waals surface area contributed by atoms with E-state index in [1.54, 1.807) is 0 Å². The second-order valence-corrected chi connectivity index (χ2v) is 6.07. The molecular formula is C15H21NO3. The highest BCUT2D eigenvalue weighted by Gasteiger charge is 2.49. The Kier molecular flexibility index (Phi) is 3.33. The highest BCUT2D eigenvalue weighted by Crippen LogP contribution is 2.45. The number of likely N-dealkylation sites (tertiary alicyclic amines) is 1. The Hall–Kier alpha value is -1.32. The molecule has 4 nitrogen and oxygen atoms in total. The van der Waals surface area contributed by atoms with Crippen LogP contribution in [-0.2, 0) is 9.59 Å². The van der Waals surface area contributed by atoms with E-state index in [0.29, 0.717) is 0 Å². The summed E-state index contributed by atoms with van der Waals surface area (Å²) in [5.74, 6) is -1.33. The molecule has 4 heteroatoms. The second-order valence-electron chi connectivity index (χ2n) is 6.07. The molecule has 0 spiro atoms. The zero-order valence-electron chi connectivity index (χ0n) is 11.1. The van der Waals surface area contributed by atoms with Gasteiger partial charge in [0.15, 0.2) is 0 Å². The van der Waals surface area contributed by atoms with Crippen LogP contribution in [0.15, 0.2) is 12.2 Å². The molecule has 2 bridgehead atoms. The smallest absolute Gasteiger partial charge is 0.307 e. The van der Waals surface area contributed by atoms with Crippen molar-refractivity contribution in [3.63, 3.8) is 0 Å². The van der Waals surface area contributed by atoms with Crippen molar-refractivity contribution in [3.05, 3.63) is 12.2 Å². The molecule has 104 valence electrons. The van der Waals surface area contributed by atoms with Gasteiger partial charge in [-0.05, 0) is 43.9 Å². The molecule has 4 unspecified atom stereocenters. The van der Waals surface area contributed by atoms with Gasteiger partial charge in [-0.25, -0.2) is 0 Å². The standard InChI is InChI=1S/C15H21NO3/c17-14(16-8-2-1-3-9-16)12-10-4-6-11(7-5-10)13(12)15(18)19/h4,6,10-13H,1-3,5,7-9H2,(H,18,19). The first-order chi connectivity index (χ1) is 9.18. The van der Waals surface area contributed by atoms with Gasteiger partial charge in [-0.15, -0.1) is 0 Å². The molecule has 0 aromatic heterocycles. The van der Waals surface area contributed by atoms with E-state index >= 15 is 0 Å². The molecule has 0 aromatic carbocycles. The lowest BCUT2D eigenvalue weighted by atomic mass is 9.62. The molecule has 4 aliphatic rings. The number of carbonyl (C=O) groups is 2. The summed E-state index contributed by atoms with van der Waals surface area (Å²) in [7, 11) is 0. The minimum atomic E-state index is -0.797. The number of piperidine rings is 1. The molecule has 0 radical (unpaired) electrons.